The Kier molecular flexibility index (Phi) is 5.38. The summed E-state index contributed by atoms with van der Waals surface area (Å²) < 4.78 is 5.82. The van der Waals surface area contributed by atoms with E-state index in [9.17, 15) is 9.90 Å². The molecule has 7 nitrogen and oxygen atoms in total. The number of rotatable bonds is 7. The highest BCUT2D eigenvalue weighted by Crippen LogP contribution is 2.24. The standard InChI is InChI=1S/C20H20N4O3/c1-12(25)17(20-23-11-18(24-20)19(22)26)6-7-27-16-5-4-14-3-2-13(10-21)8-15(14)9-16/h2-5,8-9,11-12,17,25H,6-7H2,1H3,(H2,22,26)(H,23,24)/t12-,17-/m0/s1. The fourth-order valence-corrected chi connectivity index (χ4v) is 2.95. The third kappa shape index (κ3) is 4.25. The van der Waals surface area contributed by atoms with Gasteiger partial charge >= 0.3 is 0 Å². The summed E-state index contributed by atoms with van der Waals surface area (Å²) in [5, 5.41) is 21.0. The summed E-state index contributed by atoms with van der Waals surface area (Å²) >= 11 is 0. The molecule has 1 aromatic heterocycles. The molecule has 3 aromatic rings. The smallest absolute Gasteiger partial charge is 0.268 e. The number of nitrogens with two attached hydrogens (primary N) is 1. The molecule has 4 N–H and O–H groups in total. The number of carbonyl (C=O) groups excluding carboxylic acids is 1. The number of carbonyl (C=O) groups is 1. The number of primary amides is 1. The number of ether oxygens (including phenoxy) is 1. The van der Waals surface area contributed by atoms with Crippen LogP contribution in [0.2, 0.25) is 0 Å². The summed E-state index contributed by atoms with van der Waals surface area (Å²) in [7, 11) is 0. The van der Waals surface area contributed by atoms with Crippen LogP contribution in [0.5, 0.6) is 5.75 Å². The van der Waals surface area contributed by atoms with Crippen molar-refractivity contribution in [3.05, 3.63) is 59.7 Å². The molecule has 0 spiro atoms. The highest BCUT2D eigenvalue weighted by molar-refractivity contribution is 5.90. The van der Waals surface area contributed by atoms with Gasteiger partial charge in [-0.3, -0.25) is 4.79 Å². The zero-order valence-corrected chi connectivity index (χ0v) is 14.8. The van der Waals surface area contributed by atoms with E-state index >= 15 is 0 Å². The molecule has 2 atom stereocenters. The van der Waals surface area contributed by atoms with Crippen molar-refractivity contribution in [1.29, 1.82) is 5.26 Å². The van der Waals surface area contributed by atoms with Gasteiger partial charge in [0.1, 0.15) is 17.3 Å². The van der Waals surface area contributed by atoms with E-state index < -0.39 is 12.0 Å². The first-order chi connectivity index (χ1) is 13.0. The summed E-state index contributed by atoms with van der Waals surface area (Å²) in [6, 6.07) is 13.3. The fourth-order valence-electron chi connectivity index (χ4n) is 2.95. The predicted octanol–water partition coefficient (Wildman–Crippen LogP) is 2.47. The first-order valence-electron chi connectivity index (χ1n) is 8.58. The lowest BCUT2D eigenvalue weighted by molar-refractivity contribution is 0.0995. The lowest BCUT2D eigenvalue weighted by Gasteiger charge is -2.18. The van der Waals surface area contributed by atoms with E-state index in [0.29, 0.717) is 30.2 Å². The van der Waals surface area contributed by atoms with E-state index in [0.717, 1.165) is 10.8 Å². The van der Waals surface area contributed by atoms with Gasteiger partial charge < -0.3 is 20.6 Å². The molecule has 138 valence electrons. The summed E-state index contributed by atoms with van der Waals surface area (Å²) in [6.45, 7) is 2.02. The van der Waals surface area contributed by atoms with Crippen LogP contribution in [0, 0.1) is 11.3 Å². The minimum Gasteiger partial charge on any atom is -0.494 e. The second kappa shape index (κ2) is 7.89. The Hall–Kier alpha value is -3.37. The van der Waals surface area contributed by atoms with Gasteiger partial charge in [0, 0.05) is 12.1 Å². The van der Waals surface area contributed by atoms with E-state index in [2.05, 4.69) is 16.0 Å². The Balaban J connectivity index is 1.68. The maximum Gasteiger partial charge on any atom is 0.268 e. The number of H-pyrrole nitrogens is 1. The van der Waals surface area contributed by atoms with E-state index in [1.54, 1.807) is 13.0 Å². The summed E-state index contributed by atoms with van der Waals surface area (Å²) in [4.78, 5) is 18.2. The molecule has 0 aliphatic rings. The number of fused-ring (bicyclic) bond motifs is 1. The SMILES string of the molecule is C[C@H](O)[C@H](CCOc1ccc2ccc(C#N)cc2c1)c1nc(C(N)=O)c[nH]1. The number of aromatic amines is 1. The molecular weight excluding hydrogens is 344 g/mol. The van der Waals surface area contributed by atoms with Crippen LogP contribution in [-0.4, -0.2) is 33.7 Å². The van der Waals surface area contributed by atoms with Crippen LogP contribution in [0.25, 0.3) is 10.8 Å². The Morgan fingerprint density at radius 2 is 2.11 bits per heavy atom. The number of nitrogens with one attached hydrogen (secondary N) is 1. The number of benzene rings is 2. The zero-order chi connectivity index (χ0) is 19.4. The van der Waals surface area contributed by atoms with Crippen molar-refractivity contribution in [1.82, 2.24) is 9.97 Å². The molecule has 1 amide bonds. The van der Waals surface area contributed by atoms with Crippen molar-refractivity contribution in [2.75, 3.05) is 6.61 Å². The Bertz CT molecular complexity index is 1000. The molecule has 0 bridgehead atoms. The molecule has 0 saturated heterocycles. The van der Waals surface area contributed by atoms with Crippen LogP contribution < -0.4 is 10.5 Å². The molecule has 0 fully saturated rings. The van der Waals surface area contributed by atoms with Gasteiger partial charge in [0.25, 0.3) is 5.91 Å². The van der Waals surface area contributed by atoms with Crippen LogP contribution in [0.4, 0.5) is 0 Å². The number of nitriles is 1. The van der Waals surface area contributed by atoms with Gasteiger partial charge in [0.15, 0.2) is 0 Å². The minimum atomic E-state index is -0.671. The first-order valence-corrected chi connectivity index (χ1v) is 8.58. The molecule has 27 heavy (non-hydrogen) atoms. The molecule has 1 heterocycles. The lowest BCUT2D eigenvalue weighted by Crippen LogP contribution is -2.19. The molecule has 0 radical (unpaired) electrons. The first kappa shape index (κ1) is 18.4. The van der Waals surface area contributed by atoms with Gasteiger partial charge in [0.05, 0.1) is 24.3 Å². The van der Waals surface area contributed by atoms with Crippen molar-refractivity contribution in [2.45, 2.75) is 25.4 Å². The summed E-state index contributed by atoms with van der Waals surface area (Å²) in [5.41, 5.74) is 5.95. The molecule has 0 aliphatic heterocycles. The van der Waals surface area contributed by atoms with Crippen molar-refractivity contribution in [3.63, 3.8) is 0 Å². The molecule has 7 heteroatoms. The number of aliphatic hydroxyl groups excluding tert-OH is 1. The van der Waals surface area contributed by atoms with E-state index in [1.165, 1.54) is 6.20 Å². The highest BCUT2D eigenvalue weighted by atomic mass is 16.5. The fraction of sp³-hybridized carbons (Fsp3) is 0.250. The summed E-state index contributed by atoms with van der Waals surface area (Å²) in [5.74, 6) is 0.244. The topological polar surface area (TPSA) is 125 Å². The summed E-state index contributed by atoms with van der Waals surface area (Å²) in [6.07, 6.45) is 1.26. The van der Waals surface area contributed by atoms with Crippen LogP contribution in [0.1, 0.15) is 41.1 Å². The number of aliphatic hydroxyl groups is 1. The van der Waals surface area contributed by atoms with Gasteiger partial charge in [-0.25, -0.2) is 4.98 Å². The minimum absolute atomic E-state index is 0.138. The number of amides is 1. The van der Waals surface area contributed by atoms with Crippen molar-refractivity contribution in [3.8, 4) is 11.8 Å². The van der Waals surface area contributed by atoms with Gasteiger partial charge in [-0.05, 0) is 48.4 Å². The zero-order valence-electron chi connectivity index (χ0n) is 14.8. The quantitative estimate of drug-likeness (QED) is 0.594. The van der Waals surface area contributed by atoms with Crippen molar-refractivity contribution < 1.29 is 14.6 Å². The van der Waals surface area contributed by atoms with Gasteiger partial charge in [-0.2, -0.15) is 5.26 Å². The number of imidazole rings is 1. The predicted molar refractivity (Wildman–Crippen MR) is 100 cm³/mol. The number of aromatic nitrogens is 2. The molecule has 2 aromatic carbocycles. The molecule has 0 unspecified atom stereocenters. The van der Waals surface area contributed by atoms with Gasteiger partial charge in [-0.1, -0.05) is 12.1 Å². The highest BCUT2D eigenvalue weighted by Gasteiger charge is 2.21. The van der Waals surface area contributed by atoms with Gasteiger partial charge in [-0.15, -0.1) is 0 Å². The normalized spacial score (nSPS) is 13.1. The Labute approximate surface area is 156 Å². The van der Waals surface area contributed by atoms with Crippen LogP contribution in [0.15, 0.2) is 42.6 Å². The molecule has 3 rings (SSSR count). The lowest BCUT2D eigenvalue weighted by atomic mass is 9.99. The maximum absolute atomic E-state index is 11.2. The largest absolute Gasteiger partial charge is 0.494 e. The Morgan fingerprint density at radius 3 is 2.78 bits per heavy atom. The third-order valence-corrected chi connectivity index (χ3v) is 4.42. The number of nitrogens with zero attached hydrogens (tertiary/aromatic N) is 2. The monoisotopic (exact) mass is 364 g/mol. The van der Waals surface area contributed by atoms with E-state index in [-0.39, 0.29) is 11.6 Å². The van der Waals surface area contributed by atoms with E-state index in [1.807, 2.05) is 30.3 Å². The maximum atomic E-state index is 11.2. The molecule has 0 saturated carbocycles. The average Bonchev–Trinajstić information content (AvgIpc) is 3.14. The van der Waals surface area contributed by atoms with Crippen LogP contribution in [0.3, 0.4) is 0 Å². The number of hydrogen-bond donors (Lipinski definition) is 3. The Morgan fingerprint density at radius 1 is 1.33 bits per heavy atom. The number of hydrogen-bond acceptors (Lipinski definition) is 5. The van der Waals surface area contributed by atoms with Crippen molar-refractivity contribution in [2.24, 2.45) is 5.73 Å². The third-order valence-electron chi connectivity index (χ3n) is 4.42. The van der Waals surface area contributed by atoms with Gasteiger partial charge in [0.2, 0.25) is 0 Å². The second-order valence-corrected chi connectivity index (χ2v) is 6.35. The van der Waals surface area contributed by atoms with Crippen LogP contribution >= 0.6 is 0 Å². The second-order valence-electron chi connectivity index (χ2n) is 6.35. The van der Waals surface area contributed by atoms with Crippen LogP contribution in [-0.2, 0) is 0 Å². The molecular formula is C20H20N4O3. The molecule has 0 aliphatic carbocycles. The van der Waals surface area contributed by atoms with Crippen molar-refractivity contribution >= 4 is 16.7 Å². The average molecular weight is 364 g/mol. The van der Waals surface area contributed by atoms with E-state index in [4.69, 9.17) is 15.7 Å².